The molecule has 0 saturated heterocycles. The van der Waals surface area contributed by atoms with Crippen LogP contribution in [0.1, 0.15) is 15.9 Å². The number of anilines is 1. The number of methoxy groups -OCH3 is 4. The first-order valence-electron chi connectivity index (χ1n) is 12.4. The zero-order valence-corrected chi connectivity index (χ0v) is 23.1. The van der Waals surface area contributed by atoms with Crippen LogP contribution in [0.25, 0.3) is 21.8 Å². The minimum atomic E-state index is -0.275. The SMILES string of the molecule is COc1cc(CNc2ccc(C(=O)NCCN(C)C)c3[nH]c4c(OC)cccc4c(=O)c23)cc(OC)c1OC. The predicted molar refractivity (Wildman–Crippen MR) is 153 cm³/mol. The second-order valence-corrected chi connectivity index (χ2v) is 9.19. The molecule has 0 saturated carbocycles. The number of hydrogen-bond donors (Lipinski definition) is 3. The largest absolute Gasteiger partial charge is 0.495 e. The van der Waals surface area contributed by atoms with E-state index in [1.54, 1.807) is 58.8 Å². The topological polar surface area (TPSA) is 114 Å². The standard InChI is InChI=1S/C29H34N4O6/c1-33(2)13-12-30-29(35)19-10-11-20(31-16-17-14-22(37-4)28(39-6)23(15-17)38-5)24-26(19)32-25-18(27(24)34)8-7-9-21(25)36-3/h7-11,14-15,31H,12-13,16H2,1-6H3,(H,30,35)(H,32,34). The number of ether oxygens (including phenoxy) is 4. The van der Waals surface area contributed by atoms with E-state index < -0.39 is 0 Å². The van der Waals surface area contributed by atoms with Gasteiger partial charge in [0.2, 0.25) is 5.75 Å². The van der Waals surface area contributed by atoms with Crippen LogP contribution >= 0.6 is 0 Å². The monoisotopic (exact) mass is 534 g/mol. The number of carbonyl (C=O) groups excluding carboxylic acids is 1. The summed E-state index contributed by atoms with van der Waals surface area (Å²) in [7, 11) is 10.1. The van der Waals surface area contributed by atoms with Crippen molar-refractivity contribution in [2.75, 3.05) is 60.9 Å². The van der Waals surface area contributed by atoms with Crippen molar-refractivity contribution < 1.29 is 23.7 Å². The lowest BCUT2D eigenvalue weighted by Crippen LogP contribution is -2.31. The molecule has 10 nitrogen and oxygen atoms in total. The third-order valence-electron chi connectivity index (χ3n) is 6.47. The van der Waals surface area contributed by atoms with E-state index >= 15 is 0 Å². The van der Waals surface area contributed by atoms with Gasteiger partial charge in [-0.25, -0.2) is 0 Å². The Hall–Kier alpha value is -4.44. The molecule has 1 amide bonds. The number of para-hydroxylation sites is 1. The summed E-state index contributed by atoms with van der Waals surface area (Å²) in [5, 5.41) is 7.14. The summed E-state index contributed by atoms with van der Waals surface area (Å²) in [6.07, 6.45) is 0. The molecule has 4 aromatic rings. The maximum atomic E-state index is 13.8. The number of benzene rings is 3. The maximum Gasteiger partial charge on any atom is 0.253 e. The highest BCUT2D eigenvalue weighted by Crippen LogP contribution is 2.38. The molecule has 1 heterocycles. The molecule has 0 spiro atoms. The number of pyridine rings is 1. The second-order valence-electron chi connectivity index (χ2n) is 9.19. The van der Waals surface area contributed by atoms with E-state index in [1.165, 1.54) is 0 Å². The summed E-state index contributed by atoms with van der Waals surface area (Å²) < 4.78 is 21.9. The van der Waals surface area contributed by atoms with Gasteiger partial charge in [0, 0.05) is 30.7 Å². The smallest absolute Gasteiger partial charge is 0.253 e. The number of amides is 1. The fraction of sp³-hybridized carbons (Fsp3) is 0.310. The first kappa shape index (κ1) is 27.6. The molecule has 3 aromatic carbocycles. The van der Waals surface area contributed by atoms with Crippen LogP contribution in [0.2, 0.25) is 0 Å². The Labute approximate surface area is 226 Å². The Morgan fingerprint density at radius 3 is 2.21 bits per heavy atom. The predicted octanol–water partition coefficient (Wildman–Crippen LogP) is 3.62. The van der Waals surface area contributed by atoms with Crippen molar-refractivity contribution in [3.05, 3.63) is 63.8 Å². The van der Waals surface area contributed by atoms with Crippen molar-refractivity contribution in [3.8, 4) is 23.0 Å². The Kier molecular flexibility index (Phi) is 8.46. The van der Waals surface area contributed by atoms with Gasteiger partial charge in [0.15, 0.2) is 16.9 Å². The molecule has 206 valence electrons. The van der Waals surface area contributed by atoms with Crippen molar-refractivity contribution in [1.82, 2.24) is 15.2 Å². The summed E-state index contributed by atoms with van der Waals surface area (Å²) in [6.45, 7) is 1.51. The maximum absolute atomic E-state index is 13.8. The zero-order chi connectivity index (χ0) is 28.1. The number of aromatic nitrogens is 1. The average molecular weight is 535 g/mol. The van der Waals surface area contributed by atoms with Crippen LogP contribution in [0.3, 0.4) is 0 Å². The first-order valence-corrected chi connectivity index (χ1v) is 12.4. The molecule has 0 aliphatic carbocycles. The Morgan fingerprint density at radius 1 is 0.897 bits per heavy atom. The number of carbonyl (C=O) groups is 1. The normalized spacial score (nSPS) is 11.1. The van der Waals surface area contributed by atoms with E-state index in [0.29, 0.717) is 75.7 Å². The Bertz CT molecular complexity index is 1540. The third kappa shape index (κ3) is 5.56. The fourth-order valence-corrected chi connectivity index (χ4v) is 4.51. The van der Waals surface area contributed by atoms with E-state index in [9.17, 15) is 9.59 Å². The molecular formula is C29H34N4O6. The minimum Gasteiger partial charge on any atom is -0.495 e. The van der Waals surface area contributed by atoms with E-state index in [-0.39, 0.29) is 11.3 Å². The van der Waals surface area contributed by atoms with Gasteiger partial charge in [0.1, 0.15) is 5.75 Å². The highest BCUT2D eigenvalue weighted by Gasteiger charge is 2.19. The third-order valence-corrected chi connectivity index (χ3v) is 6.47. The molecule has 3 N–H and O–H groups in total. The Balaban J connectivity index is 1.82. The lowest BCUT2D eigenvalue weighted by Gasteiger charge is -2.17. The number of nitrogens with one attached hydrogen (secondary N) is 3. The summed E-state index contributed by atoms with van der Waals surface area (Å²) >= 11 is 0. The summed E-state index contributed by atoms with van der Waals surface area (Å²) in [6, 6.07) is 12.4. The van der Waals surface area contributed by atoms with Gasteiger partial charge >= 0.3 is 0 Å². The van der Waals surface area contributed by atoms with Crippen LogP contribution < -0.4 is 35.0 Å². The number of hydrogen-bond acceptors (Lipinski definition) is 8. The van der Waals surface area contributed by atoms with Crippen LogP contribution in [-0.4, -0.2) is 71.4 Å². The van der Waals surface area contributed by atoms with Gasteiger partial charge in [-0.15, -0.1) is 0 Å². The van der Waals surface area contributed by atoms with Gasteiger partial charge < -0.3 is 39.5 Å². The molecule has 0 bridgehead atoms. The van der Waals surface area contributed by atoms with Crippen molar-refractivity contribution in [1.29, 1.82) is 0 Å². The van der Waals surface area contributed by atoms with E-state index in [0.717, 1.165) is 5.56 Å². The molecule has 0 radical (unpaired) electrons. The van der Waals surface area contributed by atoms with Crippen molar-refractivity contribution in [2.45, 2.75) is 6.54 Å². The Morgan fingerprint density at radius 2 is 1.59 bits per heavy atom. The van der Waals surface area contributed by atoms with Crippen molar-refractivity contribution in [2.24, 2.45) is 0 Å². The molecule has 0 atom stereocenters. The lowest BCUT2D eigenvalue weighted by molar-refractivity contribution is 0.0952. The highest BCUT2D eigenvalue weighted by atomic mass is 16.5. The molecule has 0 aliphatic rings. The highest BCUT2D eigenvalue weighted by molar-refractivity contribution is 6.11. The fourth-order valence-electron chi connectivity index (χ4n) is 4.51. The van der Waals surface area contributed by atoms with Crippen LogP contribution in [0.4, 0.5) is 5.69 Å². The average Bonchev–Trinajstić information content (AvgIpc) is 2.94. The summed E-state index contributed by atoms with van der Waals surface area (Å²) in [5.74, 6) is 1.79. The number of rotatable bonds is 11. The zero-order valence-electron chi connectivity index (χ0n) is 23.1. The van der Waals surface area contributed by atoms with Crippen LogP contribution in [0.15, 0.2) is 47.3 Å². The first-order chi connectivity index (χ1) is 18.8. The molecule has 0 fully saturated rings. The molecular weight excluding hydrogens is 500 g/mol. The molecule has 4 rings (SSSR count). The van der Waals surface area contributed by atoms with Crippen LogP contribution in [-0.2, 0) is 6.54 Å². The minimum absolute atomic E-state index is 0.215. The molecule has 39 heavy (non-hydrogen) atoms. The summed E-state index contributed by atoms with van der Waals surface area (Å²) in [5.41, 5.74) is 2.53. The number of fused-ring (bicyclic) bond motifs is 2. The summed E-state index contributed by atoms with van der Waals surface area (Å²) in [4.78, 5) is 32.3. The van der Waals surface area contributed by atoms with Gasteiger partial charge in [0.25, 0.3) is 5.91 Å². The number of nitrogens with zero attached hydrogens (tertiary/aromatic N) is 1. The van der Waals surface area contributed by atoms with Crippen LogP contribution in [0.5, 0.6) is 23.0 Å². The molecule has 0 unspecified atom stereocenters. The van der Waals surface area contributed by atoms with Gasteiger partial charge in [-0.1, -0.05) is 6.07 Å². The quantitative estimate of drug-likeness (QED) is 0.250. The number of aromatic amines is 1. The van der Waals surface area contributed by atoms with Gasteiger partial charge in [-0.3, -0.25) is 9.59 Å². The van der Waals surface area contributed by atoms with Crippen LogP contribution in [0, 0.1) is 0 Å². The molecule has 1 aromatic heterocycles. The van der Waals surface area contributed by atoms with Crippen molar-refractivity contribution in [3.63, 3.8) is 0 Å². The molecule has 10 heteroatoms. The lowest BCUT2D eigenvalue weighted by atomic mass is 10.0. The second kappa shape index (κ2) is 12.0. The van der Waals surface area contributed by atoms with Gasteiger partial charge in [0.05, 0.1) is 50.4 Å². The molecule has 0 aliphatic heterocycles. The van der Waals surface area contributed by atoms with Crippen molar-refractivity contribution >= 4 is 33.4 Å². The van der Waals surface area contributed by atoms with E-state index in [2.05, 4.69) is 15.6 Å². The van der Waals surface area contributed by atoms with E-state index in [4.69, 9.17) is 18.9 Å². The number of H-pyrrole nitrogens is 1. The van der Waals surface area contributed by atoms with Gasteiger partial charge in [-0.2, -0.15) is 0 Å². The van der Waals surface area contributed by atoms with E-state index in [1.807, 2.05) is 31.1 Å². The number of likely N-dealkylation sites (N-methyl/N-ethyl adjacent to an activating group) is 1. The van der Waals surface area contributed by atoms with Gasteiger partial charge in [-0.05, 0) is 56.1 Å².